The summed E-state index contributed by atoms with van der Waals surface area (Å²) in [5, 5.41) is 15.7. The summed E-state index contributed by atoms with van der Waals surface area (Å²) < 4.78 is 2.09. The molecule has 0 saturated carbocycles. The summed E-state index contributed by atoms with van der Waals surface area (Å²) in [7, 11) is 0. The SMILES string of the molecule is Nc1ncc(Nc2ccccc2)c2c1c(-c1ccc(C(=O)Nc3ccccn3)cc1)nn2C1CCCNC1. The van der Waals surface area contributed by atoms with Crippen LogP contribution in [0.5, 0.6) is 0 Å². The monoisotopic (exact) mass is 504 g/mol. The van der Waals surface area contributed by atoms with Gasteiger partial charge in [0.15, 0.2) is 0 Å². The van der Waals surface area contributed by atoms with Crippen LogP contribution in [-0.4, -0.2) is 38.7 Å². The van der Waals surface area contributed by atoms with Crippen molar-refractivity contribution in [2.45, 2.75) is 18.9 Å². The molecule has 190 valence electrons. The largest absolute Gasteiger partial charge is 0.383 e. The van der Waals surface area contributed by atoms with Gasteiger partial charge in [0.05, 0.1) is 28.8 Å². The summed E-state index contributed by atoms with van der Waals surface area (Å²) in [5.74, 6) is 0.694. The molecule has 0 radical (unpaired) electrons. The second-order valence-electron chi connectivity index (χ2n) is 9.31. The van der Waals surface area contributed by atoms with Gasteiger partial charge in [0.2, 0.25) is 0 Å². The predicted octanol–water partition coefficient (Wildman–Crippen LogP) is 5.00. The molecule has 2 aromatic carbocycles. The third kappa shape index (κ3) is 4.67. The lowest BCUT2D eigenvalue weighted by atomic mass is 10.0. The van der Waals surface area contributed by atoms with Crippen LogP contribution < -0.4 is 21.7 Å². The number of piperidine rings is 1. The average Bonchev–Trinajstić information content (AvgIpc) is 3.38. The molecule has 1 aliphatic heterocycles. The Morgan fingerprint density at radius 3 is 2.55 bits per heavy atom. The van der Waals surface area contributed by atoms with Crippen molar-refractivity contribution >= 4 is 39.8 Å². The van der Waals surface area contributed by atoms with Crippen LogP contribution in [0.4, 0.5) is 23.0 Å². The standard InChI is InChI=1S/C29H28N8O/c30-28-25-26(19-11-13-20(14-12-19)29(38)35-24-10-4-5-16-32-24)36-37(22-9-6-15-31-17-22)27(25)23(18-33-28)34-21-7-2-1-3-8-21/h1-5,7-8,10-14,16,18,22,31,34H,6,9,15,17H2,(H2,30,33)(H,32,35,38). The van der Waals surface area contributed by atoms with Crippen molar-refractivity contribution in [2.24, 2.45) is 0 Å². The summed E-state index contributed by atoms with van der Waals surface area (Å²) in [5.41, 5.74) is 11.3. The number of nitrogen functional groups attached to an aromatic ring is 1. The molecule has 0 aliphatic carbocycles. The highest BCUT2D eigenvalue weighted by Gasteiger charge is 2.25. The quantitative estimate of drug-likeness (QED) is 0.257. The van der Waals surface area contributed by atoms with Crippen molar-refractivity contribution in [2.75, 3.05) is 29.5 Å². The number of benzene rings is 2. The van der Waals surface area contributed by atoms with Gasteiger partial charge in [0.1, 0.15) is 17.3 Å². The third-order valence-corrected chi connectivity index (χ3v) is 6.75. The number of rotatable bonds is 6. The molecule has 9 heteroatoms. The number of aromatic nitrogens is 4. The Kier molecular flexibility index (Phi) is 6.41. The maximum absolute atomic E-state index is 12.7. The first-order valence-corrected chi connectivity index (χ1v) is 12.7. The van der Waals surface area contributed by atoms with Gasteiger partial charge in [-0.3, -0.25) is 9.48 Å². The predicted molar refractivity (Wildman–Crippen MR) is 150 cm³/mol. The minimum Gasteiger partial charge on any atom is -0.383 e. The van der Waals surface area contributed by atoms with Gasteiger partial charge in [-0.2, -0.15) is 5.10 Å². The third-order valence-electron chi connectivity index (χ3n) is 6.75. The van der Waals surface area contributed by atoms with Crippen molar-refractivity contribution < 1.29 is 4.79 Å². The molecule has 1 saturated heterocycles. The number of para-hydroxylation sites is 1. The zero-order valence-electron chi connectivity index (χ0n) is 20.8. The molecule has 1 atom stereocenters. The highest BCUT2D eigenvalue weighted by atomic mass is 16.1. The second kappa shape index (κ2) is 10.3. The van der Waals surface area contributed by atoms with Crippen LogP contribution in [0.15, 0.2) is 85.2 Å². The molecule has 1 unspecified atom stereocenters. The van der Waals surface area contributed by atoms with E-state index in [2.05, 4.69) is 30.6 Å². The fourth-order valence-corrected chi connectivity index (χ4v) is 4.88. The number of fused-ring (bicyclic) bond motifs is 1. The van der Waals surface area contributed by atoms with Crippen LogP contribution in [0.2, 0.25) is 0 Å². The smallest absolute Gasteiger partial charge is 0.256 e. The van der Waals surface area contributed by atoms with E-state index >= 15 is 0 Å². The van der Waals surface area contributed by atoms with E-state index in [1.807, 2.05) is 48.5 Å². The number of carbonyl (C=O) groups excluding carboxylic acids is 1. The average molecular weight is 505 g/mol. The van der Waals surface area contributed by atoms with Gasteiger partial charge in [-0.25, -0.2) is 9.97 Å². The van der Waals surface area contributed by atoms with Crippen molar-refractivity contribution in [3.8, 4) is 11.3 Å². The molecule has 1 fully saturated rings. The van der Waals surface area contributed by atoms with Crippen LogP contribution in [0.1, 0.15) is 29.2 Å². The second-order valence-corrected chi connectivity index (χ2v) is 9.31. The Balaban J connectivity index is 1.41. The van der Waals surface area contributed by atoms with E-state index in [1.54, 1.807) is 36.7 Å². The zero-order valence-corrected chi connectivity index (χ0v) is 20.8. The maximum atomic E-state index is 12.7. The summed E-state index contributed by atoms with van der Waals surface area (Å²) in [4.78, 5) is 21.4. The van der Waals surface area contributed by atoms with Gasteiger partial charge >= 0.3 is 0 Å². The first-order chi connectivity index (χ1) is 18.7. The molecular weight excluding hydrogens is 476 g/mol. The van der Waals surface area contributed by atoms with Crippen molar-refractivity contribution in [1.29, 1.82) is 0 Å². The summed E-state index contributed by atoms with van der Waals surface area (Å²) in [6.45, 7) is 1.83. The molecule has 1 aliphatic rings. The minimum atomic E-state index is -0.227. The molecule has 5 aromatic rings. The van der Waals surface area contributed by atoms with Gasteiger partial charge in [0, 0.05) is 29.6 Å². The number of carbonyl (C=O) groups is 1. The van der Waals surface area contributed by atoms with E-state index in [-0.39, 0.29) is 11.9 Å². The highest BCUT2D eigenvalue weighted by Crippen LogP contribution is 2.38. The topological polar surface area (TPSA) is 123 Å². The Bertz CT molecular complexity index is 1560. The normalized spacial score (nSPS) is 15.3. The molecule has 0 spiro atoms. The summed E-state index contributed by atoms with van der Waals surface area (Å²) in [6.07, 6.45) is 5.50. The fraction of sp³-hybridized carbons (Fsp3) is 0.172. The molecule has 9 nitrogen and oxygen atoms in total. The van der Waals surface area contributed by atoms with E-state index in [9.17, 15) is 4.79 Å². The number of amides is 1. The van der Waals surface area contributed by atoms with Gasteiger partial charge in [-0.05, 0) is 55.8 Å². The van der Waals surface area contributed by atoms with Crippen molar-refractivity contribution in [3.05, 3.63) is 90.8 Å². The molecule has 38 heavy (non-hydrogen) atoms. The number of anilines is 4. The van der Waals surface area contributed by atoms with Crippen LogP contribution in [-0.2, 0) is 0 Å². The lowest BCUT2D eigenvalue weighted by Gasteiger charge is -2.24. The lowest BCUT2D eigenvalue weighted by Crippen LogP contribution is -2.32. The Morgan fingerprint density at radius 2 is 1.82 bits per heavy atom. The molecular formula is C29H28N8O. The number of nitrogens with one attached hydrogen (secondary N) is 3. The summed E-state index contributed by atoms with van der Waals surface area (Å²) in [6, 6.07) is 22.9. The number of nitrogens with two attached hydrogens (primary N) is 1. The van der Waals surface area contributed by atoms with Gasteiger partial charge in [-0.1, -0.05) is 36.4 Å². The number of nitrogens with zero attached hydrogens (tertiary/aromatic N) is 4. The van der Waals surface area contributed by atoms with Gasteiger partial charge in [0.25, 0.3) is 5.91 Å². The van der Waals surface area contributed by atoms with Crippen LogP contribution in [0.3, 0.4) is 0 Å². The molecule has 5 N–H and O–H groups in total. The van der Waals surface area contributed by atoms with E-state index in [1.165, 1.54) is 0 Å². The maximum Gasteiger partial charge on any atom is 0.256 e. The highest BCUT2D eigenvalue weighted by molar-refractivity contribution is 6.07. The number of hydrogen-bond donors (Lipinski definition) is 4. The van der Waals surface area contributed by atoms with Gasteiger partial charge < -0.3 is 21.7 Å². The van der Waals surface area contributed by atoms with Crippen LogP contribution >= 0.6 is 0 Å². The molecule has 3 aromatic heterocycles. The molecule has 4 heterocycles. The number of hydrogen-bond acceptors (Lipinski definition) is 7. The lowest BCUT2D eigenvalue weighted by molar-refractivity contribution is 0.102. The van der Waals surface area contributed by atoms with E-state index < -0.39 is 0 Å². The first-order valence-electron chi connectivity index (χ1n) is 12.7. The number of pyridine rings is 2. The molecule has 6 rings (SSSR count). The molecule has 0 bridgehead atoms. The first kappa shape index (κ1) is 23.6. The summed E-state index contributed by atoms with van der Waals surface area (Å²) >= 11 is 0. The van der Waals surface area contributed by atoms with Crippen LogP contribution in [0.25, 0.3) is 22.2 Å². The fourth-order valence-electron chi connectivity index (χ4n) is 4.88. The molecule has 1 amide bonds. The van der Waals surface area contributed by atoms with Crippen molar-refractivity contribution in [1.82, 2.24) is 25.1 Å². The van der Waals surface area contributed by atoms with E-state index in [0.29, 0.717) is 17.2 Å². The van der Waals surface area contributed by atoms with E-state index in [4.69, 9.17) is 10.8 Å². The van der Waals surface area contributed by atoms with E-state index in [0.717, 1.165) is 59.5 Å². The zero-order chi connectivity index (χ0) is 25.9. The Morgan fingerprint density at radius 1 is 1.00 bits per heavy atom. The van der Waals surface area contributed by atoms with Crippen molar-refractivity contribution in [3.63, 3.8) is 0 Å². The Labute approximate surface area is 220 Å². The van der Waals surface area contributed by atoms with Gasteiger partial charge in [-0.15, -0.1) is 0 Å². The van der Waals surface area contributed by atoms with Crippen LogP contribution in [0, 0.1) is 0 Å². The Hall–Kier alpha value is -4.76. The minimum absolute atomic E-state index is 0.182.